The average molecular weight is 395 g/mol. The molecule has 1 aromatic carbocycles. The van der Waals surface area contributed by atoms with E-state index in [1.54, 1.807) is 4.90 Å². The van der Waals surface area contributed by atoms with E-state index in [2.05, 4.69) is 20.6 Å². The number of aromatic nitrogens is 2. The predicted molar refractivity (Wildman–Crippen MR) is 107 cm³/mol. The lowest BCUT2D eigenvalue weighted by Crippen LogP contribution is -2.44. The number of nitrogens with zero attached hydrogens (tertiary/aromatic N) is 3. The standard InChI is InChI=1S/C21H25N5O3/c27-19-13-18(16-7-3-1-4-8-16)26(12-6-2-5-9-24-19)20(28)15-25-21(29)17-14-22-10-11-23-17/h1,3-4,7-8,10-11,14,18H,2,5-6,9,12-13,15H2,(H,24,27)(H,25,29). The summed E-state index contributed by atoms with van der Waals surface area (Å²) >= 11 is 0. The van der Waals surface area contributed by atoms with Crippen molar-refractivity contribution in [1.29, 1.82) is 0 Å². The largest absolute Gasteiger partial charge is 0.356 e. The topological polar surface area (TPSA) is 104 Å². The molecule has 1 aromatic heterocycles. The third-order valence-corrected chi connectivity index (χ3v) is 4.85. The number of hydrogen-bond donors (Lipinski definition) is 2. The van der Waals surface area contributed by atoms with Crippen molar-refractivity contribution >= 4 is 17.7 Å². The van der Waals surface area contributed by atoms with Gasteiger partial charge in [-0.1, -0.05) is 30.3 Å². The highest BCUT2D eigenvalue weighted by Crippen LogP contribution is 2.25. The van der Waals surface area contributed by atoms with Gasteiger partial charge in [-0.05, 0) is 24.8 Å². The fraction of sp³-hybridized carbons (Fsp3) is 0.381. The molecule has 2 aromatic rings. The van der Waals surface area contributed by atoms with E-state index in [0.717, 1.165) is 24.8 Å². The van der Waals surface area contributed by atoms with Gasteiger partial charge < -0.3 is 15.5 Å². The smallest absolute Gasteiger partial charge is 0.271 e. The van der Waals surface area contributed by atoms with Crippen molar-refractivity contribution in [2.75, 3.05) is 19.6 Å². The minimum absolute atomic E-state index is 0.0813. The lowest BCUT2D eigenvalue weighted by molar-refractivity contribution is -0.134. The van der Waals surface area contributed by atoms with Crippen molar-refractivity contribution in [1.82, 2.24) is 25.5 Å². The maximum absolute atomic E-state index is 13.0. The number of benzene rings is 1. The molecular weight excluding hydrogens is 370 g/mol. The summed E-state index contributed by atoms with van der Waals surface area (Å²) in [6, 6.07) is 9.14. The molecule has 1 aliphatic heterocycles. The molecule has 1 saturated heterocycles. The number of hydrogen-bond acceptors (Lipinski definition) is 5. The molecule has 1 atom stereocenters. The van der Waals surface area contributed by atoms with Crippen molar-refractivity contribution < 1.29 is 14.4 Å². The van der Waals surface area contributed by atoms with E-state index in [1.165, 1.54) is 18.6 Å². The van der Waals surface area contributed by atoms with Crippen molar-refractivity contribution in [2.24, 2.45) is 0 Å². The Bertz CT molecular complexity index is 829. The first kappa shape index (κ1) is 20.4. The molecule has 1 fully saturated rings. The lowest BCUT2D eigenvalue weighted by atomic mass is 10.00. The predicted octanol–water partition coefficient (Wildman–Crippen LogP) is 1.47. The summed E-state index contributed by atoms with van der Waals surface area (Å²) in [7, 11) is 0. The summed E-state index contributed by atoms with van der Waals surface area (Å²) < 4.78 is 0. The van der Waals surface area contributed by atoms with E-state index < -0.39 is 5.91 Å². The van der Waals surface area contributed by atoms with E-state index in [4.69, 9.17) is 0 Å². The Hall–Kier alpha value is -3.29. The zero-order valence-corrected chi connectivity index (χ0v) is 16.2. The molecule has 0 radical (unpaired) electrons. The molecule has 29 heavy (non-hydrogen) atoms. The average Bonchev–Trinajstić information content (AvgIpc) is 2.77. The van der Waals surface area contributed by atoms with Crippen molar-refractivity contribution in [3.63, 3.8) is 0 Å². The highest BCUT2D eigenvalue weighted by molar-refractivity contribution is 5.94. The van der Waals surface area contributed by atoms with Gasteiger partial charge in [-0.2, -0.15) is 0 Å². The summed E-state index contributed by atoms with van der Waals surface area (Å²) in [5.41, 5.74) is 1.05. The zero-order chi connectivity index (χ0) is 20.5. The second-order valence-electron chi connectivity index (χ2n) is 6.90. The quantitative estimate of drug-likeness (QED) is 0.816. The van der Waals surface area contributed by atoms with Crippen molar-refractivity contribution in [3.8, 4) is 0 Å². The number of amides is 3. The summed E-state index contributed by atoms with van der Waals surface area (Å²) in [4.78, 5) is 47.1. The highest BCUT2D eigenvalue weighted by Gasteiger charge is 2.28. The van der Waals surface area contributed by atoms with Gasteiger partial charge in [-0.25, -0.2) is 4.98 Å². The van der Waals surface area contributed by atoms with Crippen molar-refractivity contribution in [2.45, 2.75) is 31.7 Å². The molecule has 3 amide bonds. The van der Waals surface area contributed by atoms with Crippen LogP contribution < -0.4 is 10.6 Å². The first-order chi connectivity index (χ1) is 14.1. The highest BCUT2D eigenvalue weighted by atomic mass is 16.2. The van der Waals surface area contributed by atoms with Gasteiger partial charge in [-0.3, -0.25) is 19.4 Å². The molecule has 0 bridgehead atoms. The van der Waals surface area contributed by atoms with Gasteiger partial charge in [0.1, 0.15) is 5.69 Å². The summed E-state index contributed by atoms with van der Waals surface area (Å²) in [6.07, 6.45) is 7.07. The van der Waals surface area contributed by atoms with E-state index in [0.29, 0.717) is 13.1 Å². The second kappa shape index (κ2) is 10.3. The fourth-order valence-electron chi connectivity index (χ4n) is 3.36. The maximum atomic E-state index is 13.0. The first-order valence-corrected chi connectivity index (χ1v) is 9.80. The van der Waals surface area contributed by atoms with Crippen LogP contribution in [0.25, 0.3) is 0 Å². The molecule has 3 rings (SSSR count). The zero-order valence-electron chi connectivity index (χ0n) is 16.2. The Labute approximate surface area is 169 Å². The van der Waals surface area contributed by atoms with Gasteiger partial charge >= 0.3 is 0 Å². The third kappa shape index (κ3) is 5.84. The lowest BCUT2D eigenvalue weighted by Gasteiger charge is -2.33. The van der Waals surface area contributed by atoms with Gasteiger partial charge in [0, 0.05) is 25.5 Å². The monoisotopic (exact) mass is 395 g/mol. The summed E-state index contributed by atoms with van der Waals surface area (Å²) in [5.74, 6) is -0.770. The molecule has 8 heteroatoms. The van der Waals surface area contributed by atoms with E-state index >= 15 is 0 Å². The normalized spacial score (nSPS) is 17.9. The van der Waals surface area contributed by atoms with Crippen LogP contribution in [0, 0.1) is 0 Å². The van der Waals surface area contributed by atoms with Gasteiger partial charge in [0.05, 0.1) is 25.2 Å². The molecule has 1 unspecified atom stereocenters. The Morgan fingerprint density at radius 2 is 1.97 bits per heavy atom. The SMILES string of the molecule is O=C1CC(c2ccccc2)N(C(=O)CNC(=O)c2cnccn2)CCCCCN1. The summed E-state index contributed by atoms with van der Waals surface area (Å²) in [6.45, 7) is 1.02. The summed E-state index contributed by atoms with van der Waals surface area (Å²) in [5, 5.41) is 5.53. The van der Waals surface area contributed by atoms with Crippen LogP contribution in [0.5, 0.6) is 0 Å². The van der Waals surface area contributed by atoms with Gasteiger partial charge in [-0.15, -0.1) is 0 Å². The fourth-order valence-corrected chi connectivity index (χ4v) is 3.36. The van der Waals surface area contributed by atoms with Crippen molar-refractivity contribution in [3.05, 3.63) is 60.2 Å². The van der Waals surface area contributed by atoms with Gasteiger partial charge in [0.2, 0.25) is 11.8 Å². The Morgan fingerprint density at radius 3 is 2.72 bits per heavy atom. The third-order valence-electron chi connectivity index (χ3n) is 4.85. The van der Waals surface area contributed by atoms with E-state index in [-0.39, 0.29) is 36.5 Å². The van der Waals surface area contributed by atoms with Crippen LogP contribution in [-0.2, 0) is 9.59 Å². The molecule has 1 aliphatic rings. The number of rotatable bonds is 4. The Balaban J connectivity index is 1.75. The first-order valence-electron chi connectivity index (χ1n) is 9.80. The molecular formula is C21H25N5O3. The van der Waals surface area contributed by atoms with Crippen LogP contribution >= 0.6 is 0 Å². The Kier molecular flexibility index (Phi) is 7.27. The minimum Gasteiger partial charge on any atom is -0.356 e. The maximum Gasteiger partial charge on any atom is 0.271 e. The van der Waals surface area contributed by atoms with Gasteiger partial charge in [0.15, 0.2) is 0 Å². The molecule has 2 N–H and O–H groups in total. The van der Waals surface area contributed by atoms with Crippen LogP contribution in [-0.4, -0.2) is 52.2 Å². The Morgan fingerprint density at radius 1 is 1.14 bits per heavy atom. The molecule has 0 spiro atoms. The van der Waals surface area contributed by atoms with Crippen LogP contribution in [0.2, 0.25) is 0 Å². The molecule has 0 saturated carbocycles. The second-order valence-corrected chi connectivity index (χ2v) is 6.90. The van der Waals surface area contributed by atoms with E-state index in [9.17, 15) is 14.4 Å². The number of carbonyl (C=O) groups is 3. The molecule has 8 nitrogen and oxygen atoms in total. The van der Waals surface area contributed by atoms with Crippen LogP contribution in [0.1, 0.15) is 47.8 Å². The van der Waals surface area contributed by atoms with Crippen LogP contribution in [0.3, 0.4) is 0 Å². The minimum atomic E-state index is -0.457. The van der Waals surface area contributed by atoms with Crippen LogP contribution in [0.4, 0.5) is 0 Å². The molecule has 0 aliphatic carbocycles. The number of carbonyl (C=O) groups excluding carboxylic acids is 3. The molecule has 2 heterocycles. The number of nitrogens with one attached hydrogen (secondary N) is 2. The van der Waals surface area contributed by atoms with Gasteiger partial charge in [0.25, 0.3) is 5.91 Å². The molecule has 152 valence electrons. The van der Waals surface area contributed by atoms with Crippen LogP contribution in [0.15, 0.2) is 48.9 Å². The van der Waals surface area contributed by atoms with E-state index in [1.807, 2.05) is 30.3 Å².